The van der Waals surface area contributed by atoms with Gasteiger partial charge in [0.2, 0.25) is 0 Å². The van der Waals surface area contributed by atoms with E-state index in [4.69, 9.17) is 4.74 Å². The third-order valence-electron chi connectivity index (χ3n) is 5.40. The number of aliphatic hydroxyl groups excluding tert-OH is 1. The van der Waals surface area contributed by atoms with Crippen molar-refractivity contribution in [3.05, 3.63) is 0 Å². The molecule has 0 saturated carbocycles. The van der Waals surface area contributed by atoms with Crippen LogP contribution in [0.25, 0.3) is 0 Å². The third-order valence-corrected chi connectivity index (χ3v) is 5.40. The number of aliphatic hydroxyl groups is 1. The van der Waals surface area contributed by atoms with E-state index in [1.54, 1.807) is 0 Å². The summed E-state index contributed by atoms with van der Waals surface area (Å²) in [6.07, 6.45) is 19.6. The van der Waals surface area contributed by atoms with Crippen LogP contribution in [-0.4, -0.2) is 23.3 Å². The number of unbranched alkanes of at least 4 members (excludes halogenated alkanes) is 12. The minimum atomic E-state index is -0.937. The molecular formula is C24H48O3. The number of carbonyl (C=O) groups excluding carboxylic acids is 1. The van der Waals surface area contributed by atoms with E-state index in [2.05, 4.69) is 20.8 Å². The summed E-state index contributed by atoms with van der Waals surface area (Å²) in [6.45, 7) is 6.60. The first-order chi connectivity index (χ1) is 13.2. The van der Waals surface area contributed by atoms with Crippen molar-refractivity contribution in [1.29, 1.82) is 0 Å². The van der Waals surface area contributed by atoms with Gasteiger partial charge >= 0.3 is 5.97 Å². The Bertz CT molecular complexity index is 301. The van der Waals surface area contributed by atoms with E-state index in [-0.39, 0.29) is 6.10 Å². The Morgan fingerprint density at radius 2 is 1.00 bits per heavy atom. The minimum Gasteiger partial charge on any atom is -0.460 e. The predicted octanol–water partition coefficient (Wildman–Crippen LogP) is 7.34. The molecule has 27 heavy (non-hydrogen) atoms. The highest BCUT2D eigenvalue weighted by atomic mass is 16.6. The summed E-state index contributed by atoms with van der Waals surface area (Å²) in [5.74, 6) is -0.395. The molecule has 0 saturated heterocycles. The highest BCUT2D eigenvalue weighted by molar-refractivity contribution is 5.74. The molecule has 1 atom stereocenters. The van der Waals surface area contributed by atoms with Crippen LogP contribution in [0, 0.1) is 0 Å². The first kappa shape index (κ1) is 26.4. The van der Waals surface area contributed by atoms with Gasteiger partial charge in [-0.15, -0.1) is 0 Å². The van der Waals surface area contributed by atoms with E-state index in [9.17, 15) is 9.90 Å². The number of carbonyl (C=O) groups is 1. The third kappa shape index (κ3) is 17.3. The van der Waals surface area contributed by atoms with Gasteiger partial charge in [0.25, 0.3) is 0 Å². The molecule has 0 spiro atoms. The average molecular weight is 385 g/mol. The Kier molecular flexibility index (Phi) is 19.7. The lowest BCUT2D eigenvalue weighted by atomic mass is 10.0. The zero-order chi connectivity index (χ0) is 20.2. The zero-order valence-electron chi connectivity index (χ0n) is 18.6. The molecule has 0 fully saturated rings. The maximum atomic E-state index is 12.2. The van der Waals surface area contributed by atoms with E-state index in [1.165, 1.54) is 64.2 Å². The van der Waals surface area contributed by atoms with Gasteiger partial charge in [0.15, 0.2) is 6.10 Å². The molecule has 3 heteroatoms. The molecule has 0 amide bonds. The maximum Gasteiger partial charge on any atom is 0.335 e. The van der Waals surface area contributed by atoms with Crippen LogP contribution in [0.2, 0.25) is 0 Å². The standard InChI is InChI=1S/C24H48O3/c1-4-7-10-12-14-17-19-22(20-18-15-13-11-8-5-2)27-24(26)23(25)21-16-9-6-3/h22-23,25H,4-21H2,1-3H3. The Balaban J connectivity index is 4.17. The van der Waals surface area contributed by atoms with Gasteiger partial charge in [-0.1, -0.05) is 104 Å². The van der Waals surface area contributed by atoms with Crippen molar-refractivity contribution in [3.63, 3.8) is 0 Å². The largest absolute Gasteiger partial charge is 0.460 e. The number of hydrogen-bond donors (Lipinski definition) is 1. The molecule has 0 aliphatic heterocycles. The van der Waals surface area contributed by atoms with Crippen molar-refractivity contribution < 1.29 is 14.6 Å². The molecule has 1 N–H and O–H groups in total. The van der Waals surface area contributed by atoms with Crippen LogP contribution in [0.1, 0.15) is 136 Å². The molecular weight excluding hydrogens is 336 g/mol. The summed E-state index contributed by atoms with van der Waals surface area (Å²) < 4.78 is 5.71. The Morgan fingerprint density at radius 3 is 1.48 bits per heavy atom. The number of hydrogen-bond acceptors (Lipinski definition) is 3. The summed E-state index contributed by atoms with van der Waals surface area (Å²) >= 11 is 0. The molecule has 1 unspecified atom stereocenters. The fraction of sp³-hybridized carbons (Fsp3) is 0.958. The van der Waals surface area contributed by atoms with Gasteiger partial charge in [-0.3, -0.25) is 0 Å². The second kappa shape index (κ2) is 20.2. The molecule has 0 aliphatic carbocycles. The van der Waals surface area contributed by atoms with Crippen molar-refractivity contribution in [3.8, 4) is 0 Å². The summed E-state index contributed by atoms with van der Waals surface area (Å²) in [7, 11) is 0. The molecule has 0 rings (SSSR count). The van der Waals surface area contributed by atoms with Crippen molar-refractivity contribution in [1.82, 2.24) is 0 Å². The van der Waals surface area contributed by atoms with E-state index in [0.717, 1.165) is 44.9 Å². The van der Waals surface area contributed by atoms with Crippen LogP contribution in [0.5, 0.6) is 0 Å². The highest BCUT2D eigenvalue weighted by Gasteiger charge is 2.20. The predicted molar refractivity (Wildman–Crippen MR) is 116 cm³/mol. The summed E-state index contributed by atoms with van der Waals surface area (Å²) in [6, 6.07) is 0. The summed E-state index contributed by atoms with van der Waals surface area (Å²) in [4.78, 5) is 12.2. The fourth-order valence-corrected chi connectivity index (χ4v) is 3.52. The summed E-state index contributed by atoms with van der Waals surface area (Å²) in [5.41, 5.74) is 0. The van der Waals surface area contributed by atoms with Crippen LogP contribution >= 0.6 is 0 Å². The van der Waals surface area contributed by atoms with Gasteiger partial charge in [0.05, 0.1) is 0 Å². The Labute approximate surface area is 169 Å². The Hall–Kier alpha value is -0.570. The molecule has 0 radical (unpaired) electrons. The lowest BCUT2D eigenvalue weighted by Crippen LogP contribution is -2.28. The number of ether oxygens (including phenoxy) is 1. The van der Waals surface area contributed by atoms with Gasteiger partial charge in [-0.05, 0) is 32.1 Å². The highest BCUT2D eigenvalue weighted by Crippen LogP contribution is 2.18. The zero-order valence-corrected chi connectivity index (χ0v) is 18.6. The molecule has 0 aromatic carbocycles. The van der Waals surface area contributed by atoms with Crippen molar-refractivity contribution in [2.24, 2.45) is 0 Å². The molecule has 0 aliphatic rings. The van der Waals surface area contributed by atoms with Crippen molar-refractivity contribution in [2.45, 2.75) is 149 Å². The molecule has 162 valence electrons. The fourth-order valence-electron chi connectivity index (χ4n) is 3.52. The second-order valence-electron chi connectivity index (χ2n) is 8.18. The molecule has 0 aromatic heterocycles. The molecule has 0 aromatic rings. The van der Waals surface area contributed by atoms with Crippen molar-refractivity contribution >= 4 is 5.97 Å². The van der Waals surface area contributed by atoms with Crippen LogP contribution in [0.4, 0.5) is 0 Å². The topological polar surface area (TPSA) is 46.5 Å². The lowest BCUT2D eigenvalue weighted by molar-refractivity contribution is -0.160. The monoisotopic (exact) mass is 384 g/mol. The number of rotatable bonds is 20. The summed E-state index contributed by atoms with van der Waals surface area (Å²) in [5, 5.41) is 10.1. The normalized spacial score (nSPS) is 12.5. The van der Waals surface area contributed by atoms with E-state index >= 15 is 0 Å². The first-order valence-corrected chi connectivity index (χ1v) is 12.0. The van der Waals surface area contributed by atoms with Gasteiger partial charge in [0.1, 0.15) is 6.10 Å². The Morgan fingerprint density at radius 1 is 0.630 bits per heavy atom. The molecule has 0 heterocycles. The first-order valence-electron chi connectivity index (χ1n) is 12.0. The smallest absolute Gasteiger partial charge is 0.335 e. The van der Waals surface area contributed by atoms with Crippen molar-refractivity contribution in [2.75, 3.05) is 0 Å². The van der Waals surface area contributed by atoms with E-state index in [0.29, 0.717) is 6.42 Å². The van der Waals surface area contributed by atoms with Crippen LogP contribution < -0.4 is 0 Å². The van der Waals surface area contributed by atoms with Crippen LogP contribution in [0.3, 0.4) is 0 Å². The van der Waals surface area contributed by atoms with Gasteiger partial charge in [-0.25, -0.2) is 4.79 Å². The number of esters is 1. The van der Waals surface area contributed by atoms with Gasteiger partial charge in [-0.2, -0.15) is 0 Å². The van der Waals surface area contributed by atoms with Crippen LogP contribution in [0.15, 0.2) is 0 Å². The van der Waals surface area contributed by atoms with Crippen LogP contribution in [-0.2, 0) is 9.53 Å². The van der Waals surface area contributed by atoms with E-state index in [1.807, 2.05) is 0 Å². The lowest BCUT2D eigenvalue weighted by Gasteiger charge is -2.20. The molecule has 3 nitrogen and oxygen atoms in total. The molecule has 0 bridgehead atoms. The quantitative estimate of drug-likeness (QED) is 0.176. The minimum absolute atomic E-state index is 0.00400. The maximum absolute atomic E-state index is 12.2. The van der Waals surface area contributed by atoms with Gasteiger partial charge in [0, 0.05) is 0 Å². The van der Waals surface area contributed by atoms with Gasteiger partial charge < -0.3 is 9.84 Å². The van der Waals surface area contributed by atoms with E-state index < -0.39 is 12.1 Å². The second-order valence-corrected chi connectivity index (χ2v) is 8.18. The average Bonchev–Trinajstić information content (AvgIpc) is 2.66. The SMILES string of the molecule is CCCCCCCCC(CCCCCCCC)OC(=O)C(O)CCCCC.